The quantitative estimate of drug-likeness (QED) is 0.795. The number of methoxy groups -OCH3 is 1. The Morgan fingerprint density at radius 3 is 3.00 bits per heavy atom. The van der Waals surface area contributed by atoms with Gasteiger partial charge in [-0.3, -0.25) is 5.10 Å². The summed E-state index contributed by atoms with van der Waals surface area (Å²) in [6.07, 6.45) is 1.80. The Kier molecular flexibility index (Phi) is 2.46. The topological polar surface area (TPSA) is 63.9 Å². The number of para-hydroxylation sites is 1. The molecule has 1 aromatic heterocycles. The van der Waals surface area contributed by atoms with Crippen LogP contribution in [-0.2, 0) is 10.3 Å². The van der Waals surface area contributed by atoms with Gasteiger partial charge in [0.05, 0.1) is 11.7 Å². The van der Waals surface area contributed by atoms with Crippen LogP contribution in [0.2, 0.25) is 0 Å². The van der Waals surface area contributed by atoms with Gasteiger partial charge >= 0.3 is 0 Å². The molecule has 0 radical (unpaired) electrons. The third-order valence-electron chi connectivity index (χ3n) is 2.89. The van der Waals surface area contributed by atoms with Gasteiger partial charge in [-0.05, 0) is 6.92 Å². The number of benzene rings is 1. The second kappa shape index (κ2) is 3.64. The molecule has 80 valence electrons. The first kappa shape index (κ1) is 10.1. The standard InChI is InChI=1S/C11H15N3O/c1-11(7-12,15-2)9-5-3-4-8-6-13-14-10(8)9/h3-6H,7,12H2,1-2H3,(H,13,14). The zero-order chi connectivity index (χ0) is 10.9. The normalized spacial score (nSPS) is 15.4. The van der Waals surface area contributed by atoms with Crippen LogP contribution in [0.3, 0.4) is 0 Å². The van der Waals surface area contributed by atoms with Crippen LogP contribution in [0.25, 0.3) is 10.9 Å². The molecule has 1 heterocycles. The lowest BCUT2D eigenvalue weighted by molar-refractivity contribution is 0.0112. The van der Waals surface area contributed by atoms with Gasteiger partial charge in [0.25, 0.3) is 0 Å². The summed E-state index contributed by atoms with van der Waals surface area (Å²) >= 11 is 0. The number of aromatic amines is 1. The molecule has 0 aliphatic heterocycles. The summed E-state index contributed by atoms with van der Waals surface area (Å²) in [4.78, 5) is 0. The summed E-state index contributed by atoms with van der Waals surface area (Å²) in [5, 5.41) is 8.07. The molecule has 0 amide bonds. The number of hydrogen-bond donors (Lipinski definition) is 2. The van der Waals surface area contributed by atoms with Crippen LogP contribution in [0.15, 0.2) is 24.4 Å². The maximum atomic E-state index is 5.75. The van der Waals surface area contributed by atoms with Gasteiger partial charge in [0, 0.05) is 24.6 Å². The molecule has 4 heteroatoms. The van der Waals surface area contributed by atoms with E-state index in [2.05, 4.69) is 10.2 Å². The summed E-state index contributed by atoms with van der Waals surface area (Å²) in [6, 6.07) is 6.01. The lowest BCUT2D eigenvalue weighted by atomic mass is 9.94. The highest BCUT2D eigenvalue weighted by Crippen LogP contribution is 2.28. The van der Waals surface area contributed by atoms with E-state index in [1.54, 1.807) is 13.3 Å². The summed E-state index contributed by atoms with van der Waals surface area (Å²) < 4.78 is 5.48. The molecule has 4 nitrogen and oxygen atoms in total. The van der Waals surface area contributed by atoms with Gasteiger partial charge in [-0.1, -0.05) is 18.2 Å². The highest BCUT2D eigenvalue weighted by molar-refractivity contribution is 5.82. The van der Waals surface area contributed by atoms with E-state index >= 15 is 0 Å². The summed E-state index contributed by atoms with van der Waals surface area (Å²) in [7, 11) is 1.67. The summed E-state index contributed by atoms with van der Waals surface area (Å²) in [5.74, 6) is 0. The largest absolute Gasteiger partial charge is 0.372 e. The van der Waals surface area contributed by atoms with Gasteiger partial charge in [0.1, 0.15) is 5.60 Å². The van der Waals surface area contributed by atoms with Crippen molar-refractivity contribution in [1.82, 2.24) is 10.2 Å². The lowest BCUT2D eigenvalue weighted by Crippen LogP contribution is -2.33. The van der Waals surface area contributed by atoms with Crippen molar-refractivity contribution in [1.29, 1.82) is 0 Å². The van der Waals surface area contributed by atoms with Crippen molar-refractivity contribution in [2.75, 3.05) is 13.7 Å². The van der Waals surface area contributed by atoms with Crippen molar-refractivity contribution in [3.05, 3.63) is 30.0 Å². The molecule has 3 N–H and O–H groups in total. The molecule has 15 heavy (non-hydrogen) atoms. The molecular formula is C11H15N3O. The Labute approximate surface area is 88.4 Å². The van der Waals surface area contributed by atoms with Gasteiger partial charge in [-0.15, -0.1) is 0 Å². The van der Waals surface area contributed by atoms with E-state index in [-0.39, 0.29) is 0 Å². The van der Waals surface area contributed by atoms with Crippen molar-refractivity contribution in [3.8, 4) is 0 Å². The third kappa shape index (κ3) is 1.52. The van der Waals surface area contributed by atoms with Crippen LogP contribution in [0.4, 0.5) is 0 Å². The Morgan fingerprint density at radius 2 is 2.33 bits per heavy atom. The Bertz CT molecular complexity index is 460. The van der Waals surface area contributed by atoms with Gasteiger partial charge in [-0.25, -0.2) is 0 Å². The van der Waals surface area contributed by atoms with E-state index in [4.69, 9.17) is 10.5 Å². The first-order valence-corrected chi connectivity index (χ1v) is 4.89. The summed E-state index contributed by atoms with van der Waals surface area (Å²) in [6.45, 7) is 2.41. The lowest BCUT2D eigenvalue weighted by Gasteiger charge is -2.27. The molecule has 0 spiro atoms. The number of fused-ring (bicyclic) bond motifs is 1. The minimum Gasteiger partial charge on any atom is -0.372 e. The molecule has 1 atom stereocenters. The third-order valence-corrected chi connectivity index (χ3v) is 2.89. The van der Waals surface area contributed by atoms with Gasteiger partial charge in [0.15, 0.2) is 0 Å². The van der Waals surface area contributed by atoms with Crippen molar-refractivity contribution in [3.63, 3.8) is 0 Å². The van der Waals surface area contributed by atoms with Crippen molar-refractivity contribution < 1.29 is 4.74 Å². The average Bonchev–Trinajstić information content (AvgIpc) is 2.75. The Hall–Kier alpha value is -1.39. The minimum atomic E-state index is -0.466. The highest BCUT2D eigenvalue weighted by atomic mass is 16.5. The van der Waals surface area contributed by atoms with E-state index in [1.807, 2.05) is 25.1 Å². The first-order valence-electron chi connectivity index (χ1n) is 4.89. The SMILES string of the molecule is COC(C)(CN)c1cccc2cn[nH]c12. The molecule has 2 aromatic rings. The molecule has 0 saturated heterocycles. The predicted molar refractivity (Wildman–Crippen MR) is 59.5 cm³/mol. The predicted octanol–water partition coefficient (Wildman–Crippen LogP) is 1.38. The van der Waals surface area contributed by atoms with Gasteiger partial charge in [-0.2, -0.15) is 5.10 Å². The molecule has 1 aromatic carbocycles. The fraction of sp³-hybridized carbons (Fsp3) is 0.364. The fourth-order valence-electron chi connectivity index (χ4n) is 1.71. The maximum Gasteiger partial charge on any atom is 0.104 e. The average molecular weight is 205 g/mol. The Morgan fingerprint density at radius 1 is 1.53 bits per heavy atom. The molecule has 0 fully saturated rings. The number of aromatic nitrogens is 2. The van der Waals surface area contributed by atoms with E-state index in [0.29, 0.717) is 6.54 Å². The Balaban J connectivity index is 2.64. The van der Waals surface area contributed by atoms with E-state index in [0.717, 1.165) is 16.5 Å². The summed E-state index contributed by atoms with van der Waals surface area (Å²) in [5.41, 5.74) is 7.32. The highest BCUT2D eigenvalue weighted by Gasteiger charge is 2.26. The number of nitrogens with two attached hydrogens (primary N) is 1. The molecule has 0 aliphatic carbocycles. The molecule has 1 unspecified atom stereocenters. The van der Waals surface area contributed by atoms with Crippen LogP contribution in [0, 0.1) is 0 Å². The smallest absolute Gasteiger partial charge is 0.104 e. The van der Waals surface area contributed by atoms with E-state index < -0.39 is 5.60 Å². The van der Waals surface area contributed by atoms with Crippen LogP contribution in [0.5, 0.6) is 0 Å². The molecule has 2 rings (SSSR count). The fourth-order valence-corrected chi connectivity index (χ4v) is 1.71. The monoisotopic (exact) mass is 205 g/mol. The van der Waals surface area contributed by atoms with Crippen LogP contribution in [0.1, 0.15) is 12.5 Å². The van der Waals surface area contributed by atoms with E-state index in [9.17, 15) is 0 Å². The van der Waals surface area contributed by atoms with Crippen molar-refractivity contribution in [2.24, 2.45) is 5.73 Å². The number of nitrogens with zero attached hydrogens (tertiary/aromatic N) is 1. The van der Waals surface area contributed by atoms with Crippen LogP contribution >= 0.6 is 0 Å². The first-order chi connectivity index (χ1) is 7.21. The minimum absolute atomic E-state index is 0.432. The molecule has 0 aliphatic rings. The number of hydrogen-bond acceptors (Lipinski definition) is 3. The molecule has 0 saturated carbocycles. The molecule has 0 bridgehead atoms. The second-order valence-corrected chi connectivity index (χ2v) is 3.78. The van der Waals surface area contributed by atoms with Crippen LogP contribution < -0.4 is 5.73 Å². The number of ether oxygens (including phenoxy) is 1. The number of nitrogens with one attached hydrogen (secondary N) is 1. The number of rotatable bonds is 3. The second-order valence-electron chi connectivity index (χ2n) is 3.78. The van der Waals surface area contributed by atoms with Gasteiger partial charge in [0.2, 0.25) is 0 Å². The van der Waals surface area contributed by atoms with Crippen molar-refractivity contribution in [2.45, 2.75) is 12.5 Å². The molecular weight excluding hydrogens is 190 g/mol. The maximum absolute atomic E-state index is 5.75. The van der Waals surface area contributed by atoms with Gasteiger partial charge < -0.3 is 10.5 Å². The number of H-pyrrole nitrogens is 1. The zero-order valence-corrected chi connectivity index (χ0v) is 8.95. The van der Waals surface area contributed by atoms with Crippen LogP contribution in [-0.4, -0.2) is 23.9 Å². The van der Waals surface area contributed by atoms with Crippen molar-refractivity contribution >= 4 is 10.9 Å². The zero-order valence-electron chi connectivity index (χ0n) is 8.95. The van der Waals surface area contributed by atoms with E-state index in [1.165, 1.54) is 0 Å².